The van der Waals surface area contributed by atoms with Crippen molar-refractivity contribution < 1.29 is 4.74 Å². The van der Waals surface area contributed by atoms with Gasteiger partial charge in [-0.3, -0.25) is 0 Å². The van der Waals surface area contributed by atoms with Crippen molar-refractivity contribution in [2.75, 3.05) is 6.61 Å². The minimum atomic E-state index is 0.682. The molecule has 3 aromatic rings. The topological polar surface area (TPSA) is 26.5 Å². The van der Waals surface area contributed by atoms with Crippen LogP contribution in [0.4, 0.5) is 5.69 Å². The normalized spacial score (nSPS) is 12.0. The van der Waals surface area contributed by atoms with Gasteiger partial charge in [0.25, 0.3) is 0 Å². The molecule has 0 atom stereocenters. The second kappa shape index (κ2) is 5.51. The standard InChI is InChI=1S/C16H16N2OS/c1-3-19-13-10-8-12(9-11-13)17-16-18(2)14-6-4-5-7-15(14)20-16/h4-11H,3H2,1-2H3. The van der Waals surface area contributed by atoms with Gasteiger partial charge in [0.2, 0.25) is 0 Å². The molecule has 0 aliphatic carbocycles. The van der Waals surface area contributed by atoms with E-state index in [-0.39, 0.29) is 0 Å². The summed E-state index contributed by atoms with van der Waals surface area (Å²) < 4.78 is 8.81. The van der Waals surface area contributed by atoms with Gasteiger partial charge in [-0.2, -0.15) is 0 Å². The zero-order valence-electron chi connectivity index (χ0n) is 11.5. The first kappa shape index (κ1) is 12.9. The lowest BCUT2D eigenvalue weighted by Gasteiger charge is -2.01. The number of ether oxygens (including phenoxy) is 1. The van der Waals surface area contributed by atoms with Gasteiger partial charge in [-0.05, 0) is 43.3 Å². The summed E-state index contributed by atoms with van der Waals surface area (Å²) in [6, 6.07) is 16.2. The molecule has 0 spiro atoms. The molecule has 3 rings (SSSR count). The van der Waals surface area contributed by atoms with Crippen molar-refractivity contribution in [3.63, 3.8) is 0 Å². The van der Waals surface area contributed by atoms with Crippen LogP contribution >= 0.6 is 11.3 Å². The predicted molar refractivity (Wildman–Crippen MR) is 83.6 cm³/mol. The molecule has 4 heteroatoms. The van der Waals surface area contributed by atoms with Crippen LogP contribution in [0.5, 0.6) is 5.75 Å². The van der Waals surface area contributed by atoms with Crippen LogP contribution in [0.1, 0.15) is 6.92 Å². The SMILES string of the molecule is CCOc1ccc(N=c2sc3ccccc3n2C)cc1. The molecule has 20 heavy (non-hydrogen) atoms. The van der Waals surface area contributed by atoms with Gasteiger partial charge in [0.1, 0.15) is 5.75 Å². The number of aryl methyl sites for hydroxylation is 1. The van der Waals surface area contributed by atoms with Gasteiger partial charge in [0.15, 0.2) is 4.80 Å². The van der Waals surface area contributed by atoms with Crippen LogP contribution in [0.3, 0.4) is 0 Å². The van der Waals surface area contributed by atoms with Gasteiger partial charge in [-0.1, -0.05) is 23.5 Å². The molecule has 0 saturated heterocycles. The number of thiazole rings is 1. The Balaban J connectivity index is 2.03. The van der Waals surface area contributed by atoms with Gasteiger partial charge in [-0.15, -0.1) is 0 Å². The summed E-state index contributed by atoms with van der Waals surface area (Å²) in [5, 5.41) is 0. The zero-order chi connectivity index (χ0) is 13.9. The van der Waals surface area contributed by atoms with Crippen LogP contribution < -0.4 is 9.54 Å². The largest absolute Gasteiger partial charge is 0.494 e. The van der Waals surface area contributed by atoms with Crippen molar-refractivity contribution in [3.05, 3.63) is 53.3 Å². The van der Waals surface area contributed by atoms with E-state index in [2.05, 4.69) is 28.8 Å². The van der Waals surface area contributed by atoms with Crippen LogP contribution in [0.15, 0.2) is 53.5 Å². The smallest absolute Gasteiger partial charge is 0.190 e. The fourth-order valence-corrected chi connectivity index (χ4v) is 3.12. The maximum atomic E-state index is 5.44. The molecule has 3 nitrogen and oxygen atoms in total. The quantitative estimate of drug-likeness (QED) is 0.717. The molecule has 0 amide bonds. The van der Waals surface area contributed by atoms with Crippen molar-refractivity contribution in [1.82, 2.24) is 4.57 Å². The summed E-state index contributed by atoms with van der Waals surface area (Å²) in [5.74, 6) is 0.882. The highest BCUT2D eigenvalue weighted by atomic mass is 32.1. The highest BCUT2D eigenvalue weighted by Gasteiger charge is 2.01. The first-order valence-electron chi connectivity index (χ1n) is 6.60. The van der Waals surface area contributed by atoms with Crippen molar-refractivity contribution >= 4 is 27.2 Å². The van der Waals surface area contributed by atoms with E-state index in [9.17, 15) is 0 Å². The molecule has 0 N–H and O–H groups in total. The molecule has 0 saturated carbocycles. The van der Waals surface area contributed by atoms with Gasteiger partial charge in [0, 0.05) is 7.05 Å². The number of para-hydroxylation sites is 1. The van der Waals surface area contributed by atoms with E-state index in [0.717, 1.165) is 16.2 Å². The third kappa shape index (κ3) is 2.47. The van der Waals surface area contributed by atoms with Gasteiger partial charge in [0.05, 0.1) is 22.5 Å². The van der Waals surface area contributed by atoms with Gasteiger partial charge < -0.3 is 9.30 Å². The minimum absolute atomic E-state index is 0.682. The lowest BCUT2D eigenvalue weighted by Crippen LogP contribution is -2.08. The molecule has 102 valence electrons. The second-order valence-corrected chi connectivity index (χ2v) is 5.46. The zero-order valence-corrected chi connectivity index (χ0v) is 12.4. The Morgan fingerprint density at radius 2 is 1.85 bits per heavy atom. The Labute approximate surface area is 121 Å². The van der Waals surface area contributed by atoms with Crippen molar-refractivity contribution in [1.29, 1.82) is 0 Å². The summed E-state index contributed by atoms with van der Waals surface area (Å²) in [6.07, 6.45) is 0. The summed E-state index contributed by atoms with van der Waals surface area (Å²) in [5.41, 5.74) is 2.15. The number of aromatic nitrogens is 1. The average Bonchev–Trinajstić information content (AvgIpc) is 2.79. The monoisotopic (exact) mass is 284 g/mol. The molecular formula is C16H16N2OS. The predicted octanol–water partition coefficient (Wildman–Crippen LogP) is 3.87. The lowest BCUT2D eigenvalue weighted by atomic mass is 10.3. The third-order valence-electron chi connectivity index (χ3n) is 3.09. The van der Waals surface area contributed by atoms with Gasteiger partial charge in [-0.25, -0.2) is 4.99 Å². The minimum Gasteiger partial charge on any atom is -0.494 e. The summed E-state index contributed by atoms with van der Waals surface area (Å²) in [7, 11) is 2.05. The number of hydrogen-bond donors (Lipinski definition) is 0. The Bertz CT molecular complexity index is 784. The first-order chi connectivity index (χ1) is 9.78. The van der Waals surface area contributed by atoms with Crippen LogP contribution in [0.25, 0.3) is 10.2 Å². The van der Waals surface area contributed by atoms with E-state index in [1.165, 1.54) is 10.2 Å². The van der Waals surface area contributed by atoms with E-state index in [0.29, 0.717) is 6.61 Å². The second-order valence-electron chi connectivity index (χ2n) is 4.45. The molecule has 0 bridgehead atoms. The highest BCUT2D eigenvalue weighted by Crippen LogP contribution is 2.19. The highest BCUT2D eigenvalue weighted by molar-refractivity contribution is 7.16. The molecule has 0 aliphatic heterocycles. The van der Waals surface area contributed by atoms with E-state index in [1.807, 2.05) is 38.2 Å². The molecule has 0 fully saturated rings. The Hall–Kier alpha value is -2.07. The number of hydrogen-bond acceptors (Lipinski definition) is 3. The Morgan fingerprint density at radius 1 is 1.10 bits per heavy atom. The molecule has 0 aliphatic rings. The van der Waals surface area contributed by atoms with Crippen LogP contribution in [0, 0.1) is 0 Å². The first-order valence-corrected chi connectivity index (χ1v) is 7.42. The van der Waals surface area contributed by atoms with E-state index >= 15 is 0 Å². The molecule has 0 radical (unpaired) electrons. The number of rotatable bonds is 3. The molecule has 0 unspecified atom stereocenters. The van der Waals surface area contributed by atoms with E-state index < -0.39 is 0 Å². The number of benzene rings is 2. The summed E-state index contributed by atoms with van der Waals surface area (Å²) in [6.45, 7) is 2.66. The van der Waals surface area contributed by atoms with Crippen molar-refractivity contribution in [2.24, 2.45) is 12.0 Å². The lowest BCUT2D eigenvalue weighted by molar-refractivity contribution is 0.340. The molecule has 1 heterocycles. The summed E-state index contributed by atoms with van der Waals surface area (Å²) in [4.78, 5) is 5.70. The fourth-order valence-electron chi connectivity index (χ4n) is 2.08. The number of fused-ring (bicyclic) bond motifs is 1. The Morgan fingerprint density at radius 3 is 2.55 bits per heavy atom. The molecule has 2 aromatic carbocycles. The van der Waals surface area contributed by atoms with Crippen LogP contribution in [0.2, 0.25) is 0 Å². The molecular weight excluding hydrogens is 268 g/mol. The van der Waals surface area contributed by atoms with E-state index in [4.69, 9.17) is 9.73 Å². The van der Waals surface area contributed by atoms with Crippen molar-refractivity contribution in [3.8, 4) is 5.75 Å². The van der Waals surface area contributed by atoms with E-state index in [1.54, 1.807) is 11.3 Å². The third-order valence-corrected chi connectivity index (χ3v) is 4.20. The number of nitrogens with zero attached hydrogens (tertiary/aromatic N) is 2. The van der Waals surface area contributed by atoms with Crippen molar-refractivity contribution in [2.45, 2.75) is 6.92 Å². The maximum absolute atomic E-state index is 5.44. The average molecular weight is 284 g/mol. The Kier molecular flexibility index (Phi) is 3.56. The van der Waals surface area contributed by atoms with Gasteiger partial charge >= 0.3 is 0 Å². The fraction of sp³-hybridized carbons (Fsp3) is 0.188. The van der Waals surface area contributed by atoms with Crippen LogP contribution in [-0.2, 0) is 7.05 Å². The summed E-state index contributed by atoms with van der Waals surface area (Å²) >= 11 is 1.70. The molecule has 1 aromatic heterocycles. The maximum Gasteiger partial charge on any atom is 0.190 e. The van der Waals surface area contributed by atoms with Crippen LogP contribution in [-0.4, -0.2) is 11.2 Å².